The first-order valence-corrected chi connectivity index (χ1v) is 8.99. The topological polar surface area (TPSA) is 64.0 Å². The Morgan fingerprint density at radius 1 is 0.926 bits per heavy atom. The van der Waals surface area contributed by atoms with Gasteiger partial charge in [-0.2, -0.15) is 0 Å². The summed E-state index contributed by atoms with van der Waals surface area (Å²) >= 11 is 0. The average molecular weight is 364 g/mol. The zero-order chi connectivity index (χ0) is 19.2. The van der Waals surface area contributed by atoms with Crippen LogP contribution in [0.2, 0.25) is 0 Å². The van der Waals surface area contributed by atoms with Gasteiger partial charge in [-0.1, -0.05) is 36.4 Å². The lowest BCUT2D eigenvalue weighted by molar-refractivity contribution is 0.0650. The van der Waals surface area contributed by atoms with Gasteiger partial charge in [0.2, 0.25) is 0 Å². The largest absolute Gasteiger partial charge is 0.504 e. The van der Waals surface area contributed by atoms with E-state index in [9.17, 15) is 15.0 Å². The Morgan fingerprint density at radius 2 is 1.56 bits per heavy atom. The Hall–Kier alpha value is -3.05. The summed E-state index contributed by atoms with van der Waals surface area (Å²) in [6.07, 6.45) is 5.63. The Balaban J connectivity index is 1.61. The molecule has 140 valence electrons. The van der Waals surface area contributed by atoms with Crippen molar-refractivity contribution in [3.8, 4) is 11.5 Å². The zero-order valence-corrected chi connectivity index (χ0v) is 15.2. The smallest absolute Gasteiger partial charge is 0.253 e. The van der Waals surface area contributed by atoms with Gasteiger partial charge in [0.05, 0.1) is 0 Å². The van der Waals surface area contributed by atoms with Crippen LogP contribution in [0.3, 0.4) is 0 Å². The molecule has 1 saturated heterocycles. The van der Waals surface area contributed by atoms with Crippen LogP contribution < -0.4 is 0 Å². The number of carbonyl (C=O) groups is 1. The third kappa shape index (κ3) is 4.77. The molecular weight excluding hydrogens is 340 g/mol. The van der Waals surface area contributed by atoms with E-state index in [0.717, 1.165) is 43.9 Å². The van der Waals surface area contributed by atoms with Crippen LogP contribution in [0.15, 0.2) is 55.1 Å². The molecule has 1 fully saturated rings. The molecule has 5 heteroatoms. The average Bonchev–Trinajstić information content (AvgIpc) is 2.70. The molecule has 2 aromatic rings. The molecule has 1 aliphatic heterocycles. The summed E-state index contributed by atoms with van der Waals surface area (Å²) in [6.45, 7) is 7.83. The summed E-state index contributed by atoms with van der Waals surface area (Å²) in [6, 6.07) is 12.1. The molecule has 0 aliphatic carbocycles. The van der Waals surface area contributed by atoms with Gasteiger partial charge in [0.25, 0.3) is 5.91 Å². The van der Waals surface area contributed by atoms with Gasteiger partial charge < -0.3 is 15.1 Å². The number of amides is 1. The van der Waals surface area contributed by atoms with E-state index in [1.54, 1.807) is 6.07 Å². The highest BCUT2D eigenvalue weighted by Gasteiger charge is 2.21. The molecule has 0 unspecified atom stereocenters. The molecule has 0 radical (unpaired) electrons. The van der Waals surface area contributed by atoms with Crippen molar-refractivity contribution in [1.29, 1.82) is 0 Å². The number of nitrogens with zero attached hydrogens (tertiary/aromatic N) is 2. The first-order chi connectivity index (χ1) is 13.1. The summed E-state index contributed by atoms with van der Waals surface area (Å²) in [5, 5.41) is 18.9. The van der Waals surface area contributed by atoms with Crippen LogP contribution >= 0.6 is 0 Å². The molecule has 1 heterocycles. The number of rotatable bonds is 5. The highest BCUT2D eigenvalue weighted by Crippen LogP contribution is 2.25. The van der Waals surface area contributed by atoms with Crippen molar-refractivity contribution in [2.75, 3.05) is 32.7 Å². The molecular formula is C22H24N2O3. The number of aromatic hydroxyl groups is 2. The van der Waals surface area contributed by atoms with E-state index in [0.29, 0.717) is 5.56 Å². The summed E-state index contributed by atoms with van der Waals surface area (Å²) in [5.41, 5.74) is 2.42. The summed E-state index contributed by atoms with van der Waals surface area (Å²) in [7, 11) is 0. The first-order valence-electron chi connectivity index (χ1n) is 8.99. The SMILES string of the molecule is C=CCN1CCN(C(=O)c2ccc(/C=C/c3ccc(O)c(O)c3)cc2)CC1. The van der Waals surface area contributed by atoms with E-state index in [4.69, 9.17) is 0 Å². The van der Waals surface area contributed by atoms with Crippen molar-refractivity contribution < 1.29 is 15.0 Å². The maximum Gasteiger partial charge on any atom is 0.253 e. The van der Waals surface area contributed by atoms with E-state index in [2.05, 4.69) is 11.5 Å². The lowest BCUT2D eigenvalue weighted by Gasteiger charge is -2.34. The minimum atomic E-state index is -0.147. The van der Waals surface area contributed by atoms with Gasteiger partial charge in [-0.3, -0.25) is 9.69 Å². The lowest BCUT2D eigenvalue weighted by atomic mass is 10.1. The normalized spacial score (nSPS) is 15.2. The Kier molecular flexibility index (Phi) is 5.94. The molecule has 1 amide bonds. The van der Waals surface area contributed by atoms with Crippen molar-refractivity contribution in [2.45, 2.75) is 0 Å². The number of piperazine rings is 1. The van der Waals surface area contributed by atoms with Crippen LogP contribution in [-0.2, 0) is 0 Å². The molecule has 0 saturated carbocycles. The van der Waals surface area contributed by atoms with Crippen molar-refractivity contribution in [1.82, 2.24) is 9.80 Å². The Labute approximate surface area is 159 Å². The predicted octanol–water partition coefficient (Wildman–Crippen LogP) is 3.21. The van der Waals surface area contributed by atoms with E-state index in [-0.39, 0.29) is 17.4 Å². The van der Waals surface area contributed by atoms with Crippen LogP contribution in [0.1, 0.15) is 21.5 Å². The molecule has 1 aliphatic rings. The number of carbonyl (C=O) groups excluding carboxylic acids is 1. The van der Waals surface area contributed by atoms with Crippen LogP contribution in [0.4, 0.5) is 0 Å². The van der Waals surface area contributed by atoms with Crippen molar-refractivity contribution in [3.63, 3.8) is 0 Å². The summed E-state index contributed by atoms with van der Waals surface area (Å²) < 4.78 is 0. The Morgan fingerprint density at radius 3 is 2.19 bits per heavy atom. The van der Waals surface area contributed by atoms with E-state index < -0.39 is 0 Å². The zero-order valence-electron chi connectivity index (χ0n) is 15.2. The fourth-order valence-corrected chi connectivity index (χ4v) is 3.07. The second kappa shape index (κ2) is 8.56. The van der Waals surface area contributed by atoms with Crippen LogP contribution in [0, 0.1) is 0 Å². The maximum atomic E-state index is 12.6. The van der Waals surface area contributed by atoms with Crippen LogP contribution in [-0.4, -0.2) is 58.6 Å². The number of benzene rings is 2. The number of phenols is 2. The molecule has 0 spiro atoms. The van der Waals surface area contributed by atoms with Crippen LogP contribution in [0.25, 0.3) is 12.2 Å². The molecule has 5 nitrogen and oxygen atoms in total. The second-order valence-electron chi connectivity index (χ2n) is 6.58. The number of hydrogen-bond acceptors (Lipinski definition) is 4. The van der Waals surface area contributed by atoms with Crippen molar-refractivity contribution in [3.05, 3.63) is 71.8 Å². The highest BCUT2D eigenvalue weighted by molar-refractivity contribution is 5.94. The third-order valence-electron chi connectivity index (χ3n) is 4.67. The van der Waals surface area contributed by atoms with Crippen molar-refractivity contribution in [2.24, 2.45) is 0 Å². The monoisotopic (exact) mass is 364 g/mol. The minimum absolute atomic E-state index is 0.0623. The van der Waals surface area contributed by atoms with Gasteiger partial charge in [0.15, 0.2) is 11.5 Å². The van der Waals surface area contributed by atoms with E-state index in [1.165, 1.54) is 12.1 Å². The number of hydrogen-bond donors (Lipinski definition) is 2. The van der Waals surface area contributed by atoms with Gasteiger partial charge in [-0.15, -0.1) is 6.58 Å². The van der Waals surface area contributed by atoms with Gasteiger partial charge in [-0.05, 0) is 35.4 Å². The van der Waals surface area contributed by atoms with Gasteiger partial charge >= 0.3 is 0 Å². The van der Waals surface area contributed by atoms with Gasteiger partial charge in [0.1, 0.15) is 0 Å². The Bertz CT molecular complexity index is 835. The number of phenolic OH excluding ortho intramolecular Hbond substituents is 2. The summed E-state index contributed by atoms with van der Waals surface area (Å²) in [4.78, 5) is 16.8. The molecule has 2 aromatic carbocycles. The minimum Gasteiger partial charge on any atom is -0.504 e. The second-order valence-corrected chi connectivity index (χ2v) is 6.58. The predicted molar refractivity (Wildman–Crippen MR) is 108 cm³/mol. The quantitative estimate of drug-likeness (QED) is 0.486. The van der Waals surface area contributed by atoms with Crippen molar-refractivity contribution >= 4 is 18.1 Å². The molecule has 27 heavy (non-hydrogen) atoms. The fraction of sp³-hybridized carbons (Fsp3) is 0.227. The first kappa shape index (κ1) is 18.7. The molecule has 0 bridgehead atoms. The third-order valence-corrected chi connectivity index (χ3v) is 4.67. The molecule has 3 rings (SSSR count). The highest BCUT2D eigenvalue weighted by atomic mass is 16.3. The van der Waals surface area contributed by atoms with E-state index >= 15 is 0 Å². The molecule has 2 N–H and O–H groups in total. The van der Waals surface area contributed by atoms with Crippen LogP contribution in [0.5, 0.6) is 11.5 Å². The molecule has 0 aromatic heterocycles. The van der Waals surface area contributed by atoms with Gasteiger partial charge in [0, 0.05) is 38.3 Å². The standard InChI is InChI=1S/C22H24N2O3/c1-2-11-23-12-14-24(15-13-23)22(27)19-8-5-17(6-9-19)3-4-18-7-10-20(25)21(26)16-18/h2-10,16,25-26H,1,11-15H2/b4-3+. The fourth-order valence-electron chi connectivity index (χ4n) is 3.07. The maximum absolute atomic E-state index is 12.6. The molecule has 0 atom stereocenters. The lowest BCUT2D eigenvalue weighted by Crippen LogP contribution is -2.48. The van der Waals surface area contributed by atoms with E-state index in [1.807, 2.05) is 47.4 Å². The van der Waals surface area contributed by atoms with Gasteiger partial charge in [-0.25, -0.2) is 0 Å². The summed E-state index contributed by atoms with van der Waals surface area (Å²) in [5.74, 6) is -0.223.